The normalized spacial score (nSPS) is 12.4. The maximum absolute atomic E-state index is 12.6. The Morgan fingerprint density at radius 2 is 1.84 bits per heavy atom. The summed E-state index contributed by atoms with van der Waals surface area (Å²) in [6, 6.07) is 4.24. The van der Waals surface area contributed by atoms with Gasteiger partial charge in [-0.3, -0.25) is 0 Å². The Labute approximate surface area is 110 Å². The predicted octanol–water partition coefficient (Wildman–Crippen LogP) is 3.89. The molecule has 0 N–H and O–H groups in total. The summed E-state index contributed by atoms with van der Waals surface area (Å²) in [4.78, 5) is 10.7. The van der Waals surface area contributed by atoms with E-state index in [1.165, 1.54) is 18.2 Å². The summed E-state index contributed by atoms with van der Waals surface area (Å²) in [7, 11) is 0. The van der Waals surface area contributed by atoms with Crippen molar-refractivity contribution in [1.29, 1.82) is 0 Å². The standard InChI is InChI=1S/C11H8ClF5O2/c1-6-4-8(12)3-2-7(6)5-19-9(18)10(13,14)11(15,16)17/h2-4H,5H2,1H3. The highest BCUT2D eigenvalue weighted by Gasteiger charge is 2.64. The van der Waals surface area contributed by atoms with Crippen LogP contribution in [-0.4, -0.2) is 18.1 Å². The van der Waals surface area contributed by atoms with E-state index in [-0.39, 0.29) is 5.56 Å². The van der Waals surface area contributed by atoms with Crippen LogP contribution < -0.4 is 0 Å². The van der Waals surface area contributed by atoms with Gasteiger partial charge < -0.3 is 4.74 Å². The Kier molecular flexibility index (Phi) is 4.39. The maximum Gasteiger partial charge on any atom is 0.465 e. The van der Waals surface area contributed by atoms with E-state index >= 15 is 0 Å². The number of ether oxygens (including phenoxy) is 1. The average molecular weight is 303 g/mol. The summed E-state index contributed by atoms with van der Waals surface area (Å²) in [5.74, 6) is -8.15. The molecule has 0 amide bonds. The van der Waals surface area contributed by atoms with Crippen LogP contribution in [0.25, 0.3) is 0 Å². The van der Waals surface area contributed by atoms with Crippen LogP contribution in [-0.2, 0) is 16.1 Å². The molecule has 1 aromatic rings. The van der Waals surface area contributed by atoms with Gasteiger partial charge in [0.2, 0.25) is 0 Å². The van der Waals surface area contributed by atoms with Crippen LogP contribution in [0.2, 0.25) is 5.02 Å². The third kappa shape index (κ3) is 3.56. The molecule has 1 aromatic carbocycles. The van der Waals surface area contributed by atoms with E-state index in [0.717, 1.165) is 0 Å². The second-order valence-electron chi connectivity index (χ2n) is 3.72. The quantitative estimate of drug-likeness (QED) is 0.625. The number of hydrogen-bond donors (Lipinski definition) is 0. The molecule has 0 saturated carbocycles. The molecular formula is C11H8ClF5O2. The van der Waals surface area contributed by atoms with Crippen LogP contribution >= 0.6 is 11.6 Å². The Bertz CT molecular complexity index is 484. The summed E-state index contributed by atoms with van der Waals surface area (Å²) in [6.07, 6.45) is -5.97. The molecule has 0 aliphatic carbocycles. The smallest absolute Gasteiger partial charge is 0.456 e. The van der Waals surface area contributed by atoms with E-state index in [2.05, 4.69) is 4.74 Å². The first-order valence-electron chi connectivity index (χ1n) is 4.92. The number of rotatable bonds is 3. The van der Waals surface area contributed by atoms with Crippen LogP contribution in [0.1, 0.15) is 11.1 Å². The minimum absolute atomic E-state index is 0.288. The van der Waals surface area contributed by atoms with E-state index in [9.17, 15) is 26.7 Å². The highest BCUT2D eigenvalue weighted by molar-refractivity contribution is 6.30. The van der Waals surface area contributed by atoms with Gasteiger partial charge in [0.25, 0.3) is 0 Å². The lowest BCUT2D eigenvalue weighted by atomic mass is 10.1. The molecule has 0 unspecified atom stereocenters. The average Bonchev–Trinajstić information content (AvgIpc) is 2.25. The van der Waals surface area contributed by atoms with Crippen molar-refractivity contribution in [2.45, 2.75) is 25.6 Å². The molecule has 8 heteroatoms. The van der Waals surface area contributed by atoms with Crippen LogP contribution in [0.15, 0.2) is 18.2 Å². The lowest BCUT2D eigenvalue weighted by molar-refractivity contribution is -0.281. The number of alkyl halides is 5. The van der Waals surface area contributed by atoms with E-state index in [1.807, 2.05) is 0 Å². The first-order chi connectivity index (χ1) is 8.55. The second-order valence-corrected chi connectivity index (χ2v) is 4.16. The summed E-state index contributed by atoms with van der Waals surface area (Å²) in [5, 5.41) is 0.369. The molecule has 0 fully saturated rings. The summed E-state index contributed by atoms with van der Waals surface area (Å²) < 4.78 is 64.8. The van der Waals surface area contributed by atoms with Crippen LogP contribution in [0.3, 0.4) is 0 Å². The van der Waals surface area contributed by atoms with Gasteiger partial charge in [-0.2, -0.15) is 22.0 Å². The fourth-order valence-corrected chi connectivity index (χ4v) is 1.40. The van der Waals surface area contributed by atoms with E-state index < -0.39 is 24.7 Å². The summed E-state index contributed by atoms with van der Waals surface area (Å²) >= 11 is 5.64. The molecule has 0 atom stereocenters. The molecule has 1 rings (SSSR count). The Hall–Kier alpha value is -1.37. The minimum Gasteiger partial charge on any atom is -0.456 e. The molecule has 2 nitrogen and oxygen atoms in total. The van der Waals surface area contributed by atoms with Gasteiger partial charge in [0.05, 0.1) is 0 Å². The molecule has 0 saturated heterocycles. The Balaban J connectivity index is 2.75. The summed E-state index contributed by atoms with van der Waals surface area (Å²) in [5.41, 5.74) is 0.798. The molecule has 0 aromatic heterocycles. The van der Waals surface area contributed by atoms with Crippen molar-refractivity contribution in [2.24, 2.45) is 0 Å². The predicted molar refractivity (Wildman–Crippen MR) is 57.0 cm³/mol. The fraction of sp³-hybridized carbons (Fsp3) is 0.364. The van der Waals surface area contributed by atoms with E-state index in [4.69, 9.17) is 11.6 Å². The van der Waals surface area contributed by atoms with Gasteiger partial charge in [-0.25, -0.2) is 4.79 Å². The first kappa shape index (κ1) is 15.7. The fourth-order valence-electron chi connectivity index (χ4n) is 1.17. The van der Waals surface area contributed by atoms with Crippen molar-refractivity contribution >= 4 is 17.6 Å². The van der Waals surface area contributed by atoms with Crippen molar-refractivity contribution in [1.82, 2.24) is 0 Å². The molecule has 106 valence electrons. The van der Waals surface area contributed by atoms with E-state index in [1.54, 1.807) is 6.92 Å². The molecule has 0 aliphatic rings. The molecular weight excluding hydrogens is 295 g/mol. The van der Waals surface area contributed by atoms with Crippen molar-refractivity contribution in [3.63, 3.8) is 0 Å². The molecule has 0 heterocycles. The third-order valence-corrected chi connectivity index (χ3v) is 2.51. The second kappa shape index (κ2) is 5.32. The third-order valence-electron chi connectivity index (χ3n) is 2.28. The number of benzene rings is 1. The van der Waals surface area contributed by atoms with Gasteiger partial charge >= 0.3 is 18.1 Å². The topological polar surface area (TPSA) is 26.3 Å². The van der Waals surface area contributed by atoms with Gasteiger partial charge in [-0.15, -0.1) is 0 Å². The van der Waals surface area contributed by atoms with Gasteiger partial charge in [-0.05, 0) is 30.2 Å². The van der Waals surface area contributed by atoms with Gasteiger partial charge in [0.15, 0.2) is 0 Å². The van der Waals surface area contributed by atoms with Crippen LogP contribution in [0.5, 0.6) is 0 Å². The zero-order chi connectivity index (χ0) is 14.8. The molecule has 0 aliphatic heterocycles. The zero-order valence-electron chi connectivity index (χ0n) is 9.52. The highest BCUT2D eigenvalue weighted by Crippen LogP contribution is 2.36. The van der Waals surface area contributed by atoms with Crippen LogP contribution in [0.4, 0.5) is 22.0 Å². The number of aryl methyl sites for hydroxylation is 1. The minimum atomic E-state index is -5.97. The van der Waals surface area contributed by atoms with Crippen molar-refractivity contribution in [3.8, 4) is 0 Å². The number of hydrogen-bond acceptors (Lipinski definition) is 2. The van der Waals surface area contributed by atoms with Gasteiger partial charge in [0.1, 0.15) is 6.61 Å². The lowest BCUT2D eigenvalue weighted by Crippen LogP contribution is -2.45. The van der Waals surface area contributed by atoms with Crippen molar-refractivity contribution in [3.05, 3.63) is 34.3 Å². The van der Waals surface area contributed by atoms with Crippen molar-refractivity contribution < 1.29 is 31.5 Å². The molecule has 0 spiro atoms. The Morgan fingerprint density at radius 1 is 1.26 bits per heavy atom. The number of esters is 1. The molecule has 0 radical (unpaired) electrons. The lowest BCUT2D eigenvalue weighted by Gasteiger charge is -2.18. The number of carbonyl (C=O) groups is 1. The SMILES string of the molecule is Cc1cc(Cl)ccc1COC(=O)C(F)(F)C(F)(F)F. The monoisotopic (exact) mass is 302 g/mol. The molecule has 0 bridgehead atoms. The highest BCUT2D eigenvalue weighted by atomic mass is 35.5. The van der Waals surface area contributed by atoms with Crippen LogP contribution in [0, 0.1) is 6.92 Å². The van der Waals surface area contributed by atoms with E-state index in [0.29, 0.717) is 10.6 Å². The maximum atomic E-state index is 12.6. The number of halogens is 6. The first-order valence-corrected chi connectivity index (χ1v) is 5.30. The van der Waals surface area contributed by atoms with Crippen molar-refractivity contribution in [2.75, 3.05) is 0 Å². The largest absolute Gasteiger partial charge is 0.465 e. The molecule has 19 heavy (non-hydrogen) atoms. The number of carbonyl (C=O) groups excluding carboxylic acids is 1. The van der Waals surface area contributed by atoms with Gasteiger partial charge in [-0.1, -0.05) is 17.7 Å². The Morgan fingerprint density at radius 3 is 2.32 bits per heavy atom. The zero-order valence-corrected chi connectivity index (χ0v) is 10.3. The van der Waals surface area contributed by atoms with Gasteiger partial charge in [0, 0.05) is 5.02 Å². The summed E-state index contributed by atoms with van der Waals surface area (Å²) in [6.45, 7) is 0.866.